The fourth-order valence-electron chi connectivity index (χ4n) is 1.39. The monoisotopic (exact) mass is 347 g/mol. The second-order valence-electron chi connectivity index (χ2n) is 3.63. The molecule has 0 saturated carbocycles. The van der Waals surface area contributed by atoms with E-state index in [0.29, 0.717) is 17.1 Å². The fourth-order valence-corrected chi connectivity index (χ4v) is 1.49. The van der Waals surface area contributed by atoms with E-state index in [1.807, 2.05) is 13.0 Å². The number of benzene rings is 1. The molecule has 0 bridgehead atoms. The number of ether oxygens (including phenoxy) is 2. The van der Waals surface area contributed by atoms with Crippen molar-refractivity contribution in [2.45, 2.75) is 6.92 Å². The number of aliphatic hydroxyl groups excluding tert-OH is 1. The average Bonchev–Trinajstić information content (AvgIpc) is 2.46. The summed E-state index contributed by atoms with van der Waals surface area (Å²) >= 11 is 4.39. The molecule has 0 aromatic heterocycles. The Morgan fingerprint density at radius 2 is 1.95 bits per heavy atom. The third kappa shape index (κ3) is 8.99. The summed E-state index contributed by atoms with van der Waals surface area (Å²) in [7, 11) is 3.13. The van der Waals surface area contributed by atoms with E-state index >= 15 is 0 Å². The molecule has 1 rings (SSSR count). The zero-order valence-electron chi connectivity index (χ0n) is 13.2. The first-order valence-electron chi connectivity index (χ1n) is 5.93. The molecule has 0 radical (unpaired) electrons. The zero-order chi connectivity index (χ0) is 16.3. The first kappa shape index (κ1) is 24.0. The van der Waals surface area contributed by atoms with Gasteiger partial charge in [-0.25, -0.2) is 12.2 Å². The molecule has 116 valence electrons. The van der Waals surface area contributed by atoms with Crippen molar-refractivity contribution in [1.82, 2.24) is 5.32 Å². The van der Waals surface area contributed by atoms with Crippen molar-refractivity contribution < 1.29 is 70.8 Å². The molecule has 0 fully saturated rings. The SMILES string of the molecule is COc1cc([C-]=CC(=O)N[C-]=S)c(OC)cc1C.[CH2-]CO.[K+]. The molecule has 0 aliphatic heterocycles. The molecular weight excluding hydrogens is 329 g/mol. The Hall–Kier alpha value is -0.284. The van der Waals surface area contributed by atoms with Crippen LogP contribution in [0, 0.1) is 19.9 Å². The fraction of sp³-hybridized carbons (Fsp3) is 0.267. The van der Waals surface area contributed by atoms with Crippen molar-refractivity contribution in [3.05, 3.63) is 42.3 Å². The van der Waals surface area contributed by atoms with Crippen LogP contribution in [0.25, 0.3) is 0 Å². The van der Waals surface area contributed by atoms with Crippen molar-refractivity contribution in [2.75, 3.05) is 20.8 Å². The van der Waals surface area contributed by atoms with Crippen LogP contribution in [0.5, 0.6) is 11.5 Å². The molecule has 2 N–H and O–H groups in total. The summed E-state index contributed by atoms with van der Waals surface area (Å²) in [6, 6.07) is 3.57. The van der Waals surface area contributed by atoms with Crippen molar-refractivity contribution >= 4 is 23.6 Å². The number of aryl methyl sites for hydroxylation is 1. The van der Waals surface area contributed by atoms with Gasteiger partial charge in [-0.3, -0.25) is 0 Å². The van der Waals surface area contributed by atoms with Gasteiger partial charge in [0.25, 0.3) is 0 Å². The van der Waals surface area contributed by atoms with Gasteiger partial charge in [0.1, 0.15) is 0 Å². The minimum absolute atomic E-state index is 0. The maximum Gasteiger partial charge on any atom is 1.00 e. The molecule has 0 atom stereocenters. The molecule has 1 amide bonds. The molecule has 22 heavy (non-hydrogen) atoms. The van der Waals surface area contributed by atoms with E-state index < -0.39 is 5.91 Å². The van der Waals surface area contributed by atoms with Gasteiger partial charge >= 0.3 is 51.4 Å². The number of thiocarbonyl (C=S) groups is 1. The first-order chi connectivity index (χ1) is 10.0. The number of hydrogen-bond acceptors (Lipinski definition) is 5. The average molecular weight is 347 g/mol. The summed E-state index contributed by atoms with van der Waals surface area (Å²) in [6.45, 7) is 4.95. The van der Waals surface area contributed by atoms with Gasteiger partial charge in [0, 0.05) is 5.75 Å². The van der Waals surface area contributed by atoms with Crippen LogP contribution in [-0.4, -0.2) is 37.3 Å². The number of carbonyl (C=O) groups is 1. The van der Waals surface area contributed by atoms with Gasteiger partial charge in [-0.15, -0.1) is 17.7 Å². The quantitative estimate of drug-likeness (QED) is 0.223. The van der Waals surface area contributed by atoms with Gasteiger partial charge in [-0.1, -0.05) is 24.2 Å². The Morgan fingerprint density at radius 3 is 2.41 bits per heavy atom. The predicted molar refractivity (Wildman–Crippen MR) is 84.4 cm³/mol. The molecule has 0 aliphatic rings. The molecule has 5 nitrogen and oxygen atoms in total. The number of carbonyl (C=O) groups excluding carboxylic acids is 1. The van der Waals surface area contributed by atoms with E-state index in [2.05, 4.69) is 36.0 Å². The molecule has 0 spiro atoms. The number of nitrogens with one attached hydrogen (secondary N) is 1. The zero-order valence-corrected chi connectivity index (χ0v) is 17.2. The Morgan fingerprint density at radius 1 is 1.41 bits per heavy atom. The van der Waals surface area contributed by atoms with Crippen molar-refractivity contribution in [3.63, 3.8) is 0 Å². The van der Waals surface area contributed by atoms with Crippen LogP contribution in [0.3, 0.4) is 0 Å². The van der Waals surface area contributed by atoms with E-state index in [-0.39, 0.29) is 58.0 Å². The largest absolute Gasteiger partial charge is 1.00 e. The van der Waals surface area contributed by atoms with Gasteiger partial charge in [-0.2, -0.15) is 0 Å². The summed E-state index contributed by atoms with van der Waals surface area (Å²) in [4.78, 5) is 11.2. The van der Waals surface area contributed by atoms with E-state index in [4.69, 9.17) is 14.6 Å². The van der Waals surface area contributed by atoms with Crippen LogP contribution in [0.2, 0.25) is 0 Å². The summed E-state index contributed by atoms with van der Waals surface area (Å²) in [5, 5.41) is 9.69. The van der Waals surface area contributed by atoms with Gasteiger partial charge in [0.05, 0.1) is 25.9 Å². The maximum absolute atomic E-state index is 11.2. The molecular formula is C15H18KNO4S-2. The van der Waals surface area contributed by atoms with E-state index in [1.54, 1.807) is 20.3 Å². The van der Waals surface area contributed by atoms with Gasteiger partial charge in [-0.05, 0) is 12.5 Å². The normalized spacial score (nSPS) is 9.14. The van der Waals surface area contributed by atoms with Gasteiger partial charge in [0.2, 0.25) is 0 Å². The van der Waals surface area contributed by atoms with Crippen molar-refractivity contribution in [2.24, 2.45) is 0 Å². The number of amides is 1. The summed E-state index contributed by atoms with van der Waals surface area (Å²) in [5.74, 6) is 0.920. The second kappa shape index (κ2) is 14.3. The molecule has 0 saturated heterocycles. The van der Waals surface area contributed by atoms with E-state index in [1.165, 1.54) is 6.08 Å². The van der Waals surface area contributed by atoms with Crippen molar-refractivity contribution in [1.29, 1.82) is 0 Å². The van der Waals surface area contributed by atoms with E-state index in [9.17, 15) is 4.79 Å². The third-order valence-electron chi connectivity index (χ3n) is 2.25. The molecule has 0 unspecified atom stereocenters. The predicted octanol–water partition coefficient (Wildman–Crippen LogP) is -1.51. The molecule has 0 heterocycles. The molecule has 7 heteroatoms. The third-order valence-corrected chi connectivity index (χ3v) is 2.35. The molecule has 1 aromatic carbocycles. The van der Waals surface area contributed by atoms with Crippen LogP contribution in [-0.2, 0) is 4.79 Å². The Balaban J connectivity index is 0. The Labute approximate surface area is 179 Å². The first-order valence-corrected chi connectivity index (χ1v) is 6.34. The minimum Gasteiger partial charge on any atom is -0.539 e. The molecule has 1 aromatic rings. The smallest absolute Gasteiger partial charge is 0.539 e. The summed E-state index contributed by atoms with van der Waals surface area (Å²) in [5.41, 5.74) is 3.69. The van der Waals surface area contributed by atoms with Crippen molar-refractivity contribution in [3.8, 4) is 11.5 Å². The topological polar surface area (TPSA) is 67.8 Å². The second-order valence-corrected chi connectivity index (χ2v) is 3.83. The van der Waals surface area contributed by atoms with E-state index in [0.717, 1.165) is 5.56 Å². The summed E-state index contributed by atoms with van der Waals surface area (Å²) in [6.07, 6.45) is 4.05. The standard InChI is InChI=1S/C13H13NO3S.C2H5O.K/c1-9-6-12(17-3)10(7-11(9)16-2)4-5-13(15)14-8-18;1-2-3;/h5-7H,1-3H3,(H,14,15,18);3H,1-2H2;/q-2;-1;+1. The molecule has 0 aliphatic carbocycles. The van der Waals surface area contributed by atoms with Gasteiger partial charge in [0.15, 0.2) is 0 Å². The van der Waals surface area contributed by atoms with Crippen LogP contribution >= 0.6 is 12.2 Å². The minimum atomic E-state index is -0.397. The van der Waals surface area contributed by atoms with Crippen LogP contribution in [0.1, 0.15) is 11.1 Å². The number of methoxy groups -OCH3 is 2. The maximum atomic E-state index is 11.2. The number of rotatable bonds is 5. The van der Waals surface area contributed by atoms with Crippen LogP contribution in [0.15, 0.2) is 18.2 Å². The Bertz CT molecular complexity index is 507. The van der Waals surface area contributed by atoms with Gasteiger partial charge < -0.3 is 31.6 Å². The summed E-state index contributed by atoms with van der Waals surface area (Å²) < 4.78 is 10.4. The van der Waals surface area contributed by atoms with Crippen LogP contribution < -0.4 is 66.2 Å². The van der Waals surface area contributed by atoms with Crippen LogP contribution in [0.4, 0.5) is 0 Å². The number of hydrogen-bond donors (Lipinski definition) is 2. The number of aliphatic hydroxyl groups is 1. The Kier molecular flexibility index (Phi) is 15.6.